The van der Waals surface area contributed by atoms with Crippen LogP contribution in [0, 0.1) is 0 Å². The molecule has 0 aliphatic rings. The van der Waals surface area contributed by atoms with Gasteiger partial charge in [0.05, 0.1) is 11.8 Å². The lowest BCUT2D eigenvalue weighted by atomic mass is 9.99. The van der Waals surface area contributed by atoms with Gasteiger partial charge in [0, 0.05) is 24.9 Å². The van der Waals surface area contributed by atoms with Crippen LogP contribution in [0.2, 0.25) is 0 Å². The molecule has 1 aromatic heterocycles. The number of aryl methyl sites for hydroxylation is 1. The number of hydrogen-bond acceptors (Lipinski definition) is 2. The van der Waals surface area contributed by atoms with E-state index < -0.39 is 17.6 Å². The number of aromatic nitrogens is 2. The highest BCUT2D eigenvalue weighted by atomic mass is 19.4. The molecule has 0 radical (unpaired) electrons. The summed E-state index contributed by atoms with van der Waals surface area (Å²) in [5, 5.41) is 4.04. The van der Waals surface area contributed by atoms with Crippen molar-refractivity contribution < 1.29 is 18.0 Å². The van der Waals surface area contributed by atoms with Crippen LogP contribution >= 0.6 is 0 Å². The fourth-order valence-electron chi connectivity index (χ4n) is 2.00. The van der Waals surface area contributed by atoms with Crippen LogP contribution in [-0.2, 0) is 18.0 Å². The van der Waals surface area contributed by atoms with Gasteiger partial charge in [-0.3, -0.25) is 9.48 Å². The SMILES string of the molecule is Cn1cc(/C(=C/C=C/C(N)=O)c2ccc(C(F)(F)F)cc2)cn1. The minimum absolute atomic E-state index is 0.570. The van der Waals surface area contributed by atoms with Crippen LogP contribution in [0.5, 0.6) is 0 Å². The normalized spacial score (nSPS) is 12.8. The summed E-state index contributed by atoms with van der Waals surface area (Å²) in [4.78, 5) is 10.8. The number of nitrogens with zero attached hydrogens (tertiary/aromatic N) is 2. The lowest BCUT2D eigenvalue weighted by Crippen LogP contribution is -2.05. The van der Waals surface area contributed by atoms with Crippen molar-refractivity contribution in [3.63, 3.8) is 0 Å². The Morgan fingerprint density at radius 1 is 1.22 bits per heavy atom. The second-order valence-corrected chi connectivity index (χ2v) is 4.82. The Balaban J connectivity index is 2.43. The van der Waals surface area contributed by atoms with Gasteiger partial charge in [-0.1, -0.05) is 24.3 Å². The molecule has 0 spiro atoms. The van der Waals surface area contributed by atoms with E-state index in [1.165, 1.54) is 24.3 Å². The number of nitrogens with two attached hydrogens (primary N) is 1. The van der Waals surface area contributed by atoms with Crippen LogP contribution in [-0.4, -0.2) is 15.7 Å². The Morgan fingerprint density at radius 3 is 2.35 bits per heavy atom. The Kier molecular flexibility index (Phi) is 4.68. The minimum atomic E-state index is -4.39. The second-order valence-electron chi connectivity index (χ2n) is 4.82. The van der Waals surface area contributed by atoms with Gasteiger partial charge in [-0.15, -0.1) is 0 Å². The average Bonchev–Trinajstić information content (AvgIpc) is 2.89. The van der Waals surface area contributed by atoms with Gasteiger partial charge in [-0.25, -0.2) is 0 Å². The van der Waals surface area contributed by atoms with E-state index in [-0.39, 0.29) is 0 Å². The first kappa shape index (κ1) is 16.5. The van der Waals surface area contributed by atoms with Crippen molar-refractivity contribution in [2.75, 3.05) is 0 Å². The van der Waals surface area contributed by atoms with Crippen LogP contribution in [0.3, 0.4) is 0 Å². The summed E-state index contributed by atoms with van der Waals surface area (Å²) in [5.41, 5.74) is 6.22. The third kappa shape index (κ3) is 4.32. The van der Waals surface area contributed by atoms with Gasteiger partial charge in [0.15, 0.2) is 0 Å². The summed E-state index contributed by atoms with van der Waals surface area (Å²) in [5.74, 6) is -0.612. The monoisotopic (exact) mass is 321 g/mol. The number of rotatable bonds is 4. The Morgan fingerprint density at radius 2 is 1.87 bits per heavy atom. The maximum atomic E-state index is 12.6. The molecule has 0 atom stereocenters. The van der Waals surface area contributed by atoms with Crippen molar-refractivity contribution in [1.82, 2.24) is 9.78 Å². The third-order valence-electron chi connectivity index (χ3n) is 3.06. The number of carbonyl (C=O) groups is 1. The zero-order valence-corrected chi connectivity index (χ0v) is 12.2. The van der Waals surface area contributed by atoms with E-state index in [0.29, 0.717) is 16.7 Å². The van der Waals surface area contributed by atoms with E-state index in [1.807, 2.05) is 0 Å². The van der Waals surface area contributed by atoms with Crippen molar-refractivity contribution >= 4 is 11.5 Å². The number of alkyl halides is 3. The van der Waals surface area contributed by atoms with E-state index >= 15 is 0 Å². The molecular weight excluding hydrogens is 307 g/mol. The first-order valence-corrected chi connectivity index (χ1v) is 6.62. The maximum Gasteiger partial charge on any atom is 0.416 e. The van der Waals surface area contributed by atoms with E-state index in [4.69, 9.17) is 5.73 Å². The number of allylic oxidation sites excluding steroid dienone is 2. The van der Waals surface area contributed by atoms with E-state index in [1.54, 1.807) is 30.2 Å². The van der Waals surface area contributed by atoms with Gasteiger partial charge in [0.25, 0.3) is 0 Å². The van der Waals surface area contributed by atoms with Gasteiger partial charge < -0.3 is 5.73 Å². The molecule has 0 saturated carbocycles. The number of primary amides is 1. The Hall–Kier alpha value is -2.83. The fraction of sp³-hybridized carbons (Fsp3) is 0.125. The van der Waals surface area contributed by atoms with E-state index in [2.05, 4.69) is 5.10 Å². The lowest BCUT2D eigenvalue weighted by molar-refractivity contribution is -0.137. The molecule has 7 heteroatoms. The average molecular weight is 321 g/mol. The quantitative estimate of drug-likeness (QED) is 0.695. The standard InChI is InChI=1S/C16H14F3N3O/c1-22-10-12(9-21-22)14(3-2-4-15(20)23)11-5-7-13(8-6-11)16(17,18)19/h2-10H,1H3,(H2,20,23)/b4-2+,14-3+. The molecule has 4 nitrogen and oxygen atoms in total. The summed E-state index contributed by atoms with van der Waals surface area (Å²) < 4.78 is 39.5. The topological polar surface area (TPSA) is 60.9 Å². The lowest BCUT2D eigenvalue weighted by Gasteiger charge is -2.09. The van der Waals surface area contributed by atoms with Gasteiger partial charge >= 0.3 is 6.18 Å². The molecule has 0 bridgehead atoms. The Labute approximate surface area is 130 Å². The molecule has 2 aromatic rings. The second kappa shape index (κ2) is 6.51. The van der Waals surface area contributed by atoms with Crippen LogP contribution in [0.15, 0.2) is 54.9 Å². The highest BCUT2D eigenvalue weighted by Gasteiger charge is 2.30. The van der Waals surface area contributed by atoms with Gasteiger partial charge in [0.2, 0.25) is 5.91 Å². The molecule has 0 aliphatic heterocycles. The van der Waals surface area contributed by atoms with Gasteiger partial charge in [-0.05, 0) is 23.3 Å². The smallest absolute Gasteiger partial charge is 0.366 e. The number of halogens is 3. The van der Waals surface area contributed by atoms with Crippen molar-refractivity contribution in [2.24, 2.45) is 12.8 Å². The molecule has 1 heterocycles. The first-order valence-electron chi connectivity index (χ1n) is 6.62. The predicted octanol–water partition coefficient (Wildman–Crippen LogP) is 2.91. The number of amides is 1. The van der Waals surface area contributed by atoms with Crippen LogP contribution < -0.4 is 5.73 Å². The van der Waals surface area contributed by atoms with E-state index in [9.17, 15) is 18.0 Å². The summed E-state index contributed by atoms with van der Waals surface area (Å²) in [6, 6.07) is 4.77. The predicted molar refractivity (Wildman–Crippen MR) is 80.1 cm³/mol. The number of benzene rings is 1. The summed E-state index contributed by atoms with van der Waals surface area (Å²) >= 11 is 0. The highest BCUT2D eigenvalue weighted by Crippen LogP contribution is 2.31. The molecule has 120 valence electrons. The number of carbonyl (C=O) groups excluding carboxylic acids is 1. The van der Waals surface area contributed by atoms with Crippen molar-refractivity contribution in [3.05, 3.63) is 71.6 Å². The molecule has 0 fully saturated rings. The molecule has 1 amide bonds. The van der Waals surface area contributed by atoms with Gasteiger partial charge in [-0.2, -0.15) is 18.3 Å². The minimum Gasteiger partial charge on any atom is -0.366 e. The molecular formula is C16H14F3N3O. The van der Waals surface area contributed by atoms with Crippen LogP contribution in [0.1, 0.15) is 16.7 Å². The van der Waals surface area contributed by atoms with Crippen LogP contribution in [0.4, 0.5) is 13.2 Å². The number of hydrogen-bond donors (Lipinski definition) is 1. The molecule has 23 heavy (non-hydrogen) atoms. The fourth-order valence-corrected chi connectivity index (χ4v) is 2.00. The van der Waals surface area contributed by atoms with E-state index in [0.717, 1.165) is 12.1 Å². The molecule has 2 rings (SSSR count). The highest BCUT2D eigenvalue weighted by molar-refractivity contribution is 5.87. The van der Waals surface area contributed by atoms with Crippen LogP contribution in [0.25, 0.3) is 5.57 Å². The Bertz CT molecular complexity index is 756. The molecule has 0 unspecified atom stereocenters. The summed E-state index contributed by atoms with van der Waals surface area (Å²) in [7, 11) is 1.73. The molecule has 0 aliphatic carbocycles. The maximum absolute atomic E-state index is 12.6. The largest absolute Gasteiger partial charge is 0.416 e. The molecule has 1 aromatic carbocycles. The molecule has 2 N–H and O–H groups in total. The zero-order valence-electron chi connectivity index (χ0n) is 12.2. The molecule has 0 saturated heterocycles. The summed E-state index contributed by atoms with van der Waals surface area (Å²) in [6.07, 6.45) is 3.14. The zero-order chi connectivity index (χ0) is 17.0. The van der Waals surface area contributed by atoms with Crippen molar-refractivity contribution in [3.8, 4) is 0 Å². The summed E-state index contributed by atoms with van der Waals surface area (Å²) in [6.45, 7) is 0. The van der Waals surface area contributed by atoms with Crippen molar-refractivity contribution in [2.45, 2.75) is 6.18 Å². The first-order chi connectivity index (χ1) is 10.8. The third-order valence-corrected chi connectivity index (χ3v) is 3.06. The van der Waals surface area contributed by atoms with Crippen molar-refractivity contribution in [1.29, 1.82) is 0 Å². The van der Waals surface area contributed by atoms with Gasteiger partial charge in [0.1, 0.15) is 0 Å².